The zero-order valence-electron chi connectivity index (χ0n) is 36.3. The van der Waals surface area contributed by atoms with Crippen LogP contribution in [0.5, 0.6) is 0 Å². The van der Waals surface area contributed by atoms with Gasteiger partial charge in [-0.1, -0.05) is 57.9 Å². The second kappa shape index (κ2) is 22.8. The van der Waals surface area contributed by atoms with Crippen molar-refractivity contribution >= 4 is 23.9 Å². The molecule has 1 saturated heterocycles. The summed E-state index contributed by atoms with van der Waals surface area (Å²) in [5.41, 5.74) is -1.47. The molecule has 0 aromatic heterocycles. The van der Waals surface area contributed by atoms with E-state index in [4.69, 9.17) is 18.9 Å². The molecule has 3 aliphatic heterocycles. The molecule has 3 N–H and O–H groups in total. The number of aliphatic hydroxyl groups excluding tert-OH is 2. The normalized spacial score (nSPS) is 29.8. The summed E-state index contributed by atoms with van der Waals surface area (Å²) in [6.45, 7) is 13.4. The molecule has 3 heterocycles. The Balaban J connectivity index is 1.61. The summed E-state index contributed by atoms with van der Waals surface area (Å²) < 4.78 is 23.7. The highest BCUT2D eigenvalue weighted by Gasteiger charge is 2.47. The Morgan fingerprint density at radius 3 is 2.43 bits per heavy atom. The first-order valence-electron chi connectivity index (χ1n) is 21.0. The number of methoxy groups -OCH3 is 1. The van der Waals surface area contributed by atoms with E-state index in [1.165, 1.54) is 29.1 Å². The van der Waals surface area contributed by atoms with Crippen LogP contribution in [-0.2, 0) is 33.3 Å². The second-order valence-corrected chi connectivity index (χ2v) is 17.0. The standard InChI is InChI=1S/C44H71N3O11/c1-10-34(49)32(4)41-35(56-41)29-43(5,54)22-15-16-30(2)40-31(3)17-18-36(44(6,55-9)23-21-33(48)28-39(52)58-40)57-42(53)46(8)27-26-45(7)24-13-11-12-14-25-47-37(50)19-20-38(47)51/h15-20,22,31-36,40-41,48-49,54H,10-14,21,23-29H2,1-9H3/b18-17+,22-15+,30-16+/t31-,32+,33+,34-,35+,36-,40+,41+,43?,44+/m0/s1. The molecule has 328 valence electrons. The minimum atomic E-state index is -1.17. The molecule has 0 saturated carbocycles. The summed E-state index contributed by atoms with van der Waals surface area (Å²) in [7, 11) is 5.21. The lowest BCUT2D eigenvalue weighted by atomic mass is 9.88. The second-order valence-electron chi connectivity index (χ2n) is 17.0. The number of amides is 3. The average molecular weight is 818 g/mol. The maximum atomic E-state index is 13.5. The highest BCUT2D eigenvalue weighted by molar-refractivity contribution is 6.12. The number of unbranched alkanes of at least 4 members (excludes halogenated alkanes) is 3. The molecule has 10 atom stereocenters. The van der Waals surface area contributed by atoms with E-state index in [-0.39, 0.29) is 48.7 Å². The van der Waals surface area contributed by atoms with Gasteiger partial charge in [-0.2, -0.15) is 0 Å². The third-order valence-corrected chi connectivity index (χ3v) is 11.7. The van der Waals surface area contributed by atoms with E-state index in [9.17, 15) is 34.5 Å². The molecule has 0 aromatic rings. The van der Waals surface area contributed by atoms with Crippen LogP contribution in [0.4, 0.5) is 4.79 Å². The Labute approximate surface area is 345 Å². The van der Waals surface area contributed by atoms with Crippen molar-refractivity contribution in [3.05, 3.63) is 48.1 Å². The minimum Gasteiger partial charge on any atom is -0.457 e. The van der Waals surface area contributed by atoms with Crippen LogP contribution in [0.3, 0.4) is 0 Å². The van der Waals surface area contributed by atoms with Crippen LogP contribution in [0.15, 0.2) is 48.1 Å². The highest BCUT2D eigenvalue weighted by Crippen LogP contribution is 2.37. The lowest BCUT2D eigenvalue weighted by Gasteiger charge is -2.36. The zero-order chi connectivity index (χ0) is 43.2. The maximum Gasteiger partial charge on any atom is 0.410 e. The van der Waals surface area contributed by atoms with Crippen molar-refractivity contribution in [3.63, 3.8) is 0 Å². The minimum absolute atomic E-state index is 0.0221. The molecule has 1 unspecified atom stereocenters. The number of ether oxygens (including phenoxy) is 4. The summed E-state index contributed by atoms with van der Waals surface area (Å²) in [6, 6.07) is 0. The number of allylic oxidation sites excluding steroid dienone is 2. The Morgan fingerprint density at radius 1 is 1.10 bits per heavy atom. The van der Waals surface area contributed by atoms with Crippen molar-refractivity contribution in [2.45, 2.75) is 147 Å². The fourth-order valence-electron chi connectivity index (χ4n) is 7.39. The monoisotopic (exact) mass is 818 g/mol. The smallest absolute Gasteiger partial charge is 0.410 e. The third kappa shape index (κ3) is 15.3. The van der Waals surface area contributed by atoms with Crippen LogP contribution in [0.1, 0.15) is 99.3 Å². The molecule has 3 amide bonds. The molecule has 3 aliphatic rings. The van der Waals surface area contributed by atoms with Gasteiger partial charge in [-0.05, 0) is 78.1 Å². The van der Waals surface area contributed by atoms with Gasteiger partial charge in [0.25, 0.3) is 11.8 Å². The van der Waals surface area contributed by atoms with Gasteiger partial charge in [0.15, 0.2) is 6.10 Å². The number of imide groups is 1. The van der Waals surface area contributed by atoms with E-state index < -0.39 is 47.7 Å². The molecule has 0 radical (unpaired) electrons. The molecule has 0 aromatic carbocycles. The van der Waals surface area contributed by atoms with Crippen molar-refractivity contribution in [3.8, 4) is 0 Å². The van der Waals surface area contributed by atoms with E-state index in [1.54, 1.807) is 38.3 Å². The maximum absolute atomic E-state index is 13.5. The van der Waals surface area contributed by atoms with Gasteiger partial charge in [-0.3, -0.25) is 19.3 Å². The first kappa shape index (κ1) is 49.0. The van der Waals surface area contributed by atoms with Crippen LogP contribution in [0, 0.1) is 11.8 Å². The van der Waals surface area contributed by atoms with Crippen molar-refractivity contribution < 1.29 is 53.4 Å². The summed E-state index contributed by atoms with van der Waals surface area (Å²) in [4.78, 5) is 54.9. The zero-order valence-corrected chi connectivity index (χ0v) is 36.3. The summed E-state index contributed by atoms with van der Waals surface area (Å²) >= 11 is 0. The number of carbonyl (C=O) groups excluding carboxylic acids is 4. The van der Waals surface area contributed by atoms with Crippen LogP contribution in [0.25, 0.3) is 0 Å². The van der Waals surface area contributed by atoms with Gasteiger partial charge in [0.05, 0.1) is 36.4 Å². The molecular weight excluding hydrogens is 746 g/mol. The molecule has 58 heavy (non-hydrogen) atoms. The van der Waals surface area contributed by atoms with Gasteiger partial charge < -0.3 is 44.1 Å². The van der Waals surface area contributed by atoms with Gasteiger partial charge >= 0.3 is 12.1 Å². The number of epoxide rings is 1. The number of likely N-dealkylation sites (N-methyl/N-ethyl adjacent to an activating group) is 2. The number of rotatable bonds is 20. The largest absolute Gasteiger partial charge is 0.457 e. The summed E-state index contributed by atoms with van der Waals surface area (Å²) in [6.07, 6.45) is 12.5. The van der Waals surface area contributed by atoms with Crippen molar-refractivity contribution in [1.82, 2.24) is 14.7 Å². The Hall–Kier alpha value is -3.40. The van der Waals surface area contributed by atoms with Gasteiger partial charge in [-0.25, -0.2) is 4.79 Å². The van der Waals surface area contributed by atoms with E-state index in [0.717, 1.165) is 32.2 Å². The topological polar surface area (TPSA) is 179 Å². The third-order valence-electron chi connectivity index (χ3n) is 11.7. The lowest BCUT2D eigenvalue weighted by molar-refractivity contribution is -0.151. The van der Waals surface area contributed by atoms with Crippen LogP contribution < -0.4 is 0 Å². The first-order valence-corrected chi connectivity index (χ1v) is 21.0. The Bertz CT molecular complexity index is 1480. The van der Waals surface area contributed by atoms with Crippen LogP contribution >= 0.6 is 0 Å². The fraction of sp³-hybridized carbons (Fsp3) is 0.727. The van der Waals surface area contributed by atoms with Gasteiger partial charge in [0, 0.05) is 64.2 Å². The number of aliphatic hydroxyl groups is 3. The summed E-state index contributed by atoms with van der Waals surface area (Å²) in [5, 5.41) is 32.1. The van der Waals surface area contributed by atoms with E-state index in [1.807, 2.05) is 47.7 Å². The quantitative estimate of drug-likeness (QED) is 0.0386. The number of hydrogen-bond donors (Lipinski definition) is 3. The molecule has 1 fully saturated rings. The molecule has 14 nitrogen and oxygen atoms in total. The molecule has 0 aliphatic carbocycles. The first-order chi connectivity index (χ1) is 27.3. The molecular formula is C44H71N3O11. The lowest BCUT2D eigenvalue weighted by Crippen LogP contribution is -2.46. The van der Waals surface area contributed by atoms with E-state index >= 15 is 0 Å². The van der Waals surface area contributed by atoms with Crippen molar-refractivity contribution in [1.29, 1.82) is 0 Å². The summed E-state index contributed by atoms with van der Waals surface area (Å²) in [5.74, 6) is -1.43. The fourth-order valence-corrected chi connectivity index (χ4v) is 7.39. The SMILES string of the molecule is CC[C@H](O)[C@@H](C)[C@H]1O[C@@H]1CC(C)(O)/C=C/C=C(\C)[C@H]1OC(=O)C[C@H](O)CC[C@@](C)(OC)[C@@H](OC(=O)N(C)CCN(C)CCCCCCN2C(=O)C=CC2=O)/C=C/[C@@H]1C. The van der Waals surface area contributed by atoms with Crippen molar-refractivity contribution in [2.75, 3.05) is 47.4 Å². The van der Waals surface area contributed by atoms with Gasteiger partial charge in [-0.15, -0.1) is 0 Å². The number of carbonyl (C=O) groups is 4. The van der Waals surface area contributed by atoms with Crippen LogP contribution in [-0.4, -0.2) is 149 Å². The highest BCUT2D eigenvalue weighted by atomic mass is 16.6. The molecule has 3 rings (SSSR count). The number of esters is 1. The average Bonchev–Trinajstić information content (AvgIpc) is 3.86. The Morgan fingerprint density at radius 2 is 1.78 bits per heavy atom. The number of hydrogen-bond acceptors (Lipinski definition) is 12. The van der Waals surface area contributed by atoms with Gasteiger partial charge in [0.1, 0.15) is 11.7 Å². The molecule has 0 spiro atoms. The predicted molar refractivity (Wildman–Crippen MR) is 220 cm³/mol. The number of nitrogens with zero attached hydrogens (tertiary/aromatic N) is 3. The Kier molecular flexibility index (Phi) is 19.3. The van der Waals surface area contributed by atoms with E-state index in [0.29, 0.717) is 44.5 Å². The van der Waals surface area contributed by atoms with Crippen molar-refractivity contribution in [2.24, 2.45) is 11.8 Å². The molecule has 0 bridgehead atoms. The van der Waals surface area contributed by atoms with Gasteiger partial charge in [0.2, 0.25) is 0 Å². The van der Waals surface area contributed by atoms with Crippen LogP contribution in [0.2, 0.25) is 0 Å². The van der Waals surface area contributed by atoms with E-state index in [2.05, 4.69) is 4.90 Å². The molecule has 14 heteroatoms. The number of cyclic esters (lactones) is 1. The predicted octanol–water partition coefficient (Wildman–Crippen LogP) is 4.71.